The maximum Gasteiger partial charge on any atom is 0.418 e. The van der Waals surface area contributed by atoms with E-state index in [1.165, 1.54) is 6.20 Å². The number of methoxy groups -OCH3 is 1. The Kier molecular flexibility index (Phi) is 9.87. The van der Waals surface area contributed by atoms with Gasteiger partial charge in [0, 0.05) is 56.4 Å². The predicted molar refractivity (Wildman–Crippen MR) is 178 cm³/mol. The summed E-state index contributed by atoms with van der Waals surface area (Å²) in [6.45, 7) is 1.22. The van der Waals surface area contributed by atoms with Gasteiger partial charge in [-0.2, -0.15) is 18.2 Å². The molecule has 2 aliphatic carbocycles. The number of carbonyl (C=O) groups is 2. The van der Waals surface area contributed by atoms with Crippen molar-refractivity contribution in [2.75, 3.05) is 37.5 Å². The number of aliphatic carboxylic acids is 1. The third-order valence-electron chi connectivity index (χ3n) is 9.42. The first kappa shape index (κ1) is 34.3. The van der Waals surface area contributed by atoms with E-state index < -0.39 is 23.6 Å². The van der Waals surface area contributed by atoms with Crippen molar-refractivity contribution in [1.29, 1.82) is 0 Å². The maximum absolute atomic E-state index is 14.2. The lowest BCUT2D eigenvalue weighted by molar-refractivity contribution is -0.139. The summed E-state index contributed by atoms with van der Waals surface area (Å²) in [4.78, 5) is 46.8. The van der Waals surface area contributed by atoms with Gasteiger partial charge < -0.3 is 19.7 Å². The molecule has 0 bridgehead atoms. The Morgan fingerprint density at radius 2 is 1.88 bits per heavy atom. The molecule has 0 aliphatic heterocycles. The highest BCUT2D eigenvalue weighted by molar-refractivity contribution is 6.03. The monoisotopic (exact) mass is 679 g/mol. The van der Waals surface area contributed by atoms with E-state index in [-0.39, 0.29) is 52.0 Å². The van der Waals surface area contributed by atoms with Gasteiger partial charge in [0.15, 0.2) is 5.65 Å². The Bertz CT molecular complexity index is 1820. The highest BCUT2D eigenvalue weighted by Gasteiger charge is 2.40. The van der Waals surface area contributed by atoms with Crippen molar-refractivity contribution in [3.05, 3.63) is 59.2 Å². The summed E-state index contributed by atoms with van der Waals surface area (Å²) in [5.74, 6) is -1.41. The SMILES string of the molecule is COCC1(CN(C)c2cc(-c3cnc(C4CC4)c(C(F)(F)F)c3)nc3nc(NC(=O)c4ccc(CCCCC(=O)O)cn4)[nH]c23)CCCC1. The van der Waals surface area contributed by atoms with Crippen LogP contribution in [0.1, 0.15) is 91.0 Å². The molecule has 0 spiro atoms. The fourth-order valence-corrected chi connectivity index (χ4v) is 6.86. The number of fused-ring (bicyclic) bond motifs is 1. The van der Waals surface area contributed by atoms with Crippen LogP contribution < -0.4 is 10.2 Å². The number of halogens is 3. The van der Waals surface area contributed by atoms with Gasteiger partial charge in [-0.25, -0.2) is 4.98 Å². The van der Waals surface area contributed by atoms with Gasteiger partial charge in [0.25, 0.3) is 5.91 Å². The van der Waals surface area contributed by atoms with Crippen LogP contribution in [-0.4, -0.2) is 69.2 Å². The number of aryl methyl sites for hydroxylation is 1. The Morgan fingerprint density at radius 3 is 2.53 bits per heavy atom. The molecule has 14 heteroatoms. The summed E-state index contributed by atoms with van der Waals surface area (Å²) in [6, 6.07) is 6.23. The van der Waals surface area contributed by atoms with Crippen molar-refractivity contribution in [3.8, 4) is 11.3 Å². The second kappa shape index (κ2) is 14.1. The fourth-order valence-electron chi connectivity index (χ4n) is 6.86. The van der Waals surface area contributed by atoms with Crippen LogP contribution in [0.2, 0.25) is 0 Å². The van der Waals surface area contributed by atoms with E-state index in [0.29, 0.717) is 56.5 Å². The molecular formula is C35H40F3N7O4. The molecule has 11 nitrogen and oxygen atoms in total. The number of aromatic nitrogens is 5. The average Bonchev–Trinajstić information content (AvgIpc) is 3.68. The van der Waals surface area contributed by atoms with Crippen molar-refractivity contribution in [2.24, 2.45) is 5.41 Å². The lowest BCUT2D eigenvalue weighted by atomic mass is 9.86. The van der Waals surface area contributed by atoms with Gasteiger partial charge in [-0.15, -0.1) is 0 Å². The Balaban J connectivity index is 1.31. The Morgan fingerprint density at radius 1 is 1.10 bits per heavy atom. The van der Waals surface area contributed by atoms with Crippen molar-refractivity contribution in [1.82, 2.24) is 24.9 Å². The molecule has 0 atom stereocenters. The number of ether oxygens (including phenoxy) is 1. The number of hydrogen-bond acceptors (Lipinski definition) is 8. The van der Waals surface area contributed by atoms with Crippen LogP contribution in [0.15, 0.2) is 36.7 Å². The minimum atomic E-state index is -4.56. The molecule has 4 heterocycles. The summed E-state index contributed by atoms with van der Waals surface area (Å²) in [5.41, 5.74) is 2.21. The molecule has 0 unspecified atom stereocenters. The summed E-state index contributed by atoms with van der Waals surface area (Å²) >= 11 is 0. The van der Waals surface area contributed by atoms with E-state index in [1.54, 1.807) is 31.5 Å². The number of nitrogens with one attached hydrogen (secondary N) is 2. The van der Waals surface area contributed by atoms with Gasteiger partial charge in [0.1, 0.15) is 11.2 Å². The van der Waals surface area contributed by atoms with Gasteiger partial charge in [0.05, 0.1) is 29.2 Å². The number of imidazole rings is 1. The van der Waals surface area contributed by atoms with Crippen molar-refractivity contribution in [2.45, 2.75) is 76.3 Å². The topological polar surface area (TPSA) is 146 Å². The first-order valence-corrected chi connectivity index (χ1v) is 16.6. The molecule has 260 valence electrons. The molecule has 4 aromatic heterocycles. The second-order valence-corrected chi connectivity index (χ2v) is 13.3. The standard InChI is InChI=1S/C35H40F3N7O4/c1-45(19-34(20-49-2)13-5-6-14-34)27-16-26(23-15-24(35(36,37)38)29(40-18-23)22-10-11-22)41-31-30(27)42-33(43-31)44-32(48)25-12-9-21(17-39-25)7-3-4-8-28(46)47/h9,12,15-18,22H,3-8,10-11,13-14,19-20H2,1-2H3,(H,46,47)(H2,41,42,43,44,48). The highest BCUT2D eigenvalue weighted by Crippen LogP contribution is 2.46. The highest BCUT2D eigenvalue weighted by atomic mass is 19.4. The summed E-state index contributed by atoms with van der Waals surface area (Å²) in [6.07, 6.45) is 6.00. The summed E-state index contributed by atoms with van der Waals surface area (Å²) < 4.78 is 48.1. The van der Waals surface area contributed by atoms with Crippen LogP contribution in [0.5, 0.6) is 0 Å². The molecular weight excluding hydrogens is 639 g/mol. The molecule has 4 aromatic rings. The molecule has 49 heavy (non-hydrogen) atoms. The number of H-pyrrole nitrogens is 1. The number of nitrogens with zero attached hydrogens (tertiary/aromatic N) is 5. The van der Waals surface area contributed by atoms with Gasteiger partial charge in [0.2, 0.25) is 5.95 Å². The number of amides is 1. The third kappa shape index (κ3) is 8.01. The van der Waals surface area contributed by atoms with Crippen LogP contribution >= 0.6 is 0 Å². The summed E-state index contributed by atoms with van der Waals surface area (Å²) in [5, 5.41) is 11.6. The van der Waals surface area contributed by atoms with Crippen LogP contribution in [0.3, 0.4) is 0 Å². The van der Waals surface area contributed by atoms with Crippen molar-refractivity contribution < 1.29 is 32.6 Å². The van der Waals surface area contributed by atoms with Crippen molar-refractivity contribution in [3.63, 3.8) is 0 Å². The average molecular weight is 680 g/mol. The normalized spacial score (nSPS) is 15.9. The van der Waals surface area contributed by atoms with Crippen LogP contribution in [-0.2, 0) is 22.1 Å². The van der Waals surface area contributed by atoms with E-state index >= 15 is 0 Å². The number of carbonyl (C=O) groups excluding carboxylic acids is 1. The van der Waals surface area contributed by atoms with Gasteiger partial charge in [-0.3, -0.25) is 24.9 Å². The lowest BCUT2D eigenvalue weighted by Gasteiger charge is -2.34. The number of carboxylic acid groups (broad SMARTS) is 1. The van der Waals surface area contributed by atoms with Crippen LogP contribution in [0, 0.1) is 5.41 Å². The molecule has 3 N–H and O–H groups in total. The van der Waals surface area contributed by atoms with E-state index in [4.69, 9.17) is 9.84 Å². The number of hydrogen-bond donors (Lipinski definition) is 3. The van der Waals surface area contributed by atoms with Gasteiger partial charge >= 0.3 is 12.1 Å². The molecule has 2 fully saturated rings. The molecule has 0 radical (unpaired) electrons. The van der Waals surface area contributed by atoms with Crippen LogP contribution in [0.4, 0.5) is 24.8 Å². The van der Waals surface area contributed by atoms with E-state index in [1.807, 2.05) is 7.05 Å². The number of unbranched alkanes of at least 4 members (excludes halogenated alkanes) is 1. The predicted octanol–water partition coefficient (Wildman–Crippen LogP) is 7.00. The minimum absolute atomic E-state index is 0.0713. The molecule has 1 amide bonds. The zero-order valence-electron chi connectivity index (χ0n) is 27.6. The molecule has 2 saturated carbocycles. The van der Waals surface area contributed by atoms with Crippen LogP contribution in [0.25, 0.3) is 22.4 Å². The third-order valence-corrected chi connectivity index (χ3v) is 9.42. The first-order valence-electron chi connectivity index (χ1n) is 16.6. The number of anilines is 2. The van der Waals surface area contributed by atoms with Gasteiger partial charge in [-0.1, -0.05) is 18.9 Å². The smallest absolute Gasteiger partial charge is 0.418 e. The zero-order chi connectivity index (χ0) is 34.8. The molecule has 0 saturated heterocycles. The zero-order valence-corrected chi connectivity index (χ0v) is 27.6. The maximum atomic E-state index is 14.2. The molecule has 6 rings (SSSR count). The number of alkyl halides is 3. The van der Waals surface area contributed by atoms with E-state index in [9.17, 15) is 22.8 Å². The second-order valence-electron chi connectivity index (χ2n) is 13.3. The van der Waals surface area contributed by atoms with Gasteiger partial charge in [-0.05, 0) is 68.7 Å². The summed E-state index contributed by atoms with van der Waals surface area (Å²) in [7, 11) is 3.62. The molecule has 2 aliphatic rings. The number of carboxylic acids is 1. The Labute approximate surface area is 281 Å². The number of aromatic amines is 1. The first-order chi connectivity index (χ1) is 23.4. The minimum Gasteiger partial charge on any atom is -0.481 e. The van der Waals surface area contributed by atoms with E-state index in [2.05, 4.69) is 35.1 Å². The largest absolute Gasteiger partial charge is 0.481 e. The number of rotatable bonds is 14. The fraction of sp³-hybridized carbons (Fsp3) is 0.486. The van der Waals surface area contributed by atoms with Crippen molar-refractivity contribution >= 4 is 34.7 Å². The lowest BCUT2D eigenvalue weighted by Crippen LogP contribution is -2.37. The number of pyridine rings is 3. The quantitative estimate of drug-likeness (QED) is 0.120. The molecule has 0 aromatic carbocycles. The van der Waals surface area contributed by atoms with E-state index in [0.717, 1.165) is 37.3 Å². The Hall–Kier alpha value is -4.59.